The normalized spacial score (nSPS) is 12.2. The zero-order valence-corrected chi connectivity index (χ0v) is 8.83. The number of nitrogens with one attached hydrogen (secondary N) is 1. The molecule has 14 heavy (non-hydrogen) atoms. The number of aromatic nitrogens is 3. The first-order valence-electron chi connectivity index (χ1n) is 4.83. The maximum atomic E-state index is 4.39. The number of fused-ring (bicyclic) bond motifs is 1. The van der Waals surface area contributed by atoms with E-state index in [0.29, 0.717) is 0 Å². The highest BCUT2D eigenvalue weighted by atomic mass is 14.9. The van der Waals surface area contributed by atoms with E-state index in [2.05, 4.69) is 35.7 Å². The van der Waals surface area contributed by atoms with Crippen LogP contribution in [0.1, 0.15) is 26.5 Å². The van der Waals surface area contributed by atoms with E-state index in [1.165, 1.54) is 0 Å². The van der Waals surface area contributed by atoms with E-state index in [1.54, 1.807) is 6.33 Å². The molecule has 0 radical (unpaired) electrons. The van der Waals surface area contributed by atoms with Gasteiger partial charge in [-0.1, -0.05) is 20.8 Å². The van der Waals surface area contributed by atoms with E-state index in [-0.39, 0.29) is 5.41 Å². The molecule has 2 aromatic rings. The SMILES string of the molecule is CC(C)(C)Cc1nccc2nc[nH]c12. The minimum absolute atomic E-state index is 0.256. The van der Waals surface area contributed by atoms with Crippen LogP contribution in [0.3, 0.4) is 0 Å². The molecule has 0 aliphatic heterocycles. The Balaban J connectivity index is 2.46. The summed E-state index contributed by atoms with van der Waals surface area (Å²) in [5.41, 5.74) is 3.43. The van der Waals surface area contributed by atoms with Crippen LogP contribution in [0, 0.1) is 5.41 Å². The quantitative estimate of drug-likeness (QED) is 0.749. The molecule has 2 aromatic heterocycles. The van der Waals surface area contributed by atoms with Gasteiger partial charge in [0.15, 0.2) is 0 Å². The van der Waals surface area contributed by atoms with Crippen LogP contribution in [0.4, 0.5) is 0 Å². The first kappa shape index (κ1) is 9.19. The summed E-state index contributed by atoms with van der Waals surface area (Å²) >= 11 is 0. The average molecular weight is 189 g/mol. The van der Waals surface area contributed by atoms with Gasteiger partial charge in [0, 0.05) is 6.20 Å². The number of hydrogen-bond donors (Lipinski definition) is 1. The Hall–Kier alpha value is -1.38. The molecule has 0 aliphatic rings. The van der Waals surface area contributed by atoms with Crippen LogP contribution < -0.4 is 0 Å². The van der Waals surface area contributed by atoms with Gasteiger partial charge in [-0.05, 0) is 17.9 Å². The predicted molar refractivity (Wildman–Crippen MR) is 57.0 cm³/mol. The first-order chi connectivity index (χ1) is 6.56. The topological polar surface area (TPSA) is 41.6 Å². The van der Waals surface area contributed by atoms with Crippen molar-refractivity contribution in [3.05, 3.63) is 24.3 Å². The molecular formula is C11H15N3. The molecule has 0 saturated carbocycles. The number of nitrogens with zero attached hydrogens (tertiary/aromatic N) is 2. The molecular weight excluding hydrogens is 174 g/mol. The Kier molecular flexibility index (Phi) is 2.02. The van der Waals surface area contributed by atoms with Crippen molar-refractivity contribution in [1.82, 2.24) is 15.0 Å². The van der Waals surface area contributed by atoms with Crippen molar-refractivity contribution in [3.63, 3.8) is 0 Å². The van der Waals surface area contributed by atoms with Crippen LogP contribution in [0.2, 0.25) is 0 Å². The van der Waals surface area contributed by atoms with Gasteiger partial charge in [0.2, 0.25) is 0 Å². The van der Waals surface area contributed by atoms with Gasteiger partial charge in [-0.3, -0.25) is 4.98 Å². The smallest absolute Gasteiger partial charge is 0.0932 e. The second-order valence-electron chi connectivity index (χ2n) is 4.79. The molecule has 0 atom stereocenters. The van der Waals surface area contributed by atoms with Crippen LogP contribution in [0.5, 0.6) is 0 Å². The summed E-state index contributed by atoms with van der Waals surface area (Å²) in [7, 11) is 0. The van der Waals surface area contributed by atoms with E-state index < -0.39 is 0 Å². The van der Waals surface area contributed by atoms with E-state index in [1.807, 2.05) is 12.3 Å². The average Bonchev–Trinajstić information content (AvgIpc) is 2.49. The van der Waals surface area contributed by atoms with Gasteiger partial charge in [-0.15, -0.1) is 0 Å². The Morgan fingerprint density at radius 3 is 2.79 bits per heavy atom. The Morgan fingerprint density at radius 1 is 1.29 bits per heavy atom. The molecule has 74 valence electrons. The predicted octanol–water partition coefficient (Wildman–Crippen LogP) is 2.55. The molecule has 0 fully saturated rings. The monoisotopic (exact) mass is 189 g/mol. The zero-order valence-electron chi connectivity index (χ0n) is 8.83. The van der Waals surface area contributed by atoms with Gasteiger partial charge >= 0.3 is 0 Å². The minimum atomic E-state index is 0.256. The number of H-pyrrole nitrogens is 1. The summed E-state index contributed by atoms with van der Waals surface area (Å²) in [6.07, 6.45) is 4.51. The third-order valence-corrected chi connectivity index (χ3v) is 2.12. The van der Waals surface area contributed by atoms with E-state index >= 15 is 0 Å². The fourth-order valence-corrected chi connectivity index (χ4v) is 1.56. The highest BCUT2D eigenvalue weighted by Gasteiger charge is 2.14. The summed E-state index contributed by atoms with van der Waals surface area (Å²) < 4.78 is 0. The standard InChI is InChI=1S/C11H15N3/c1-11(2,3)6-9-10-8(4-5-12-9)13-7-14-10/h4-5,7H,6H2,1-3H3,(H,13,14). The molecule has 0 amide bonds. The molecule has 0 aliphatic carbocycles. The summed E-state index contributed by atoms with van der Waals surface area (Å²) in [4.78, 5) is 11.7. The number of hydrogen-bond acceptors (Lipinski definition) is 2. The van der Waals surface area contributed by atoms with Crippen molar-refractivity contribution < 1.29 is 0 Å². The fraction of sp³-hybridized carbons (Fsp3) is 0.455. The number of imidazole rings is 1. The lowest BCUT2D eigenvalue weighted by atomic mass is 9.90. The third kappa shape index (κ3) is 1.76. The largest absolute Gasteiger partial charge is 0.343 e. The molecule has 0 aromatic carbocycles. The lowest BCUT2D eigenvalue weighted by Gasteiger charge is -2.17. The zero-order chi connectivity index (χ0) is 10.2. The van der Waals surface area contributed by atoms with Gasteiger partial charge < -0.3 is 4.98 Å². The molecule has 3 heteroatoms. The van der Waals surface area contributed by atoms with Crippen LogP contribution in [-0.4, -0.2) is 15.0 Å². The van der Waals surface area contributed by atoms with Crippen molar-refractivity contribution in [2.45, 2.75) is 27.2 Å². The molecule has 0 bridgehead atoms. The summed E-state index contributed by atoms with van der Waals surface area (Å²) in [5.74, 6) is 0. The van der Waals surface area contributed by atoms with Gasteiger partial charge in [0.25, 0.3) is 0 Å². The number of pyridine rings is 1. The number of rotatable bonds is 1. The van der Waals surface area contributed by atoms with Gasteiger partial charge in [-0.25, -0.2) is 4.98 Å². The maximum Gasteiger partial charge on any atom is 0.0932 e. The van der Waals surface area contributed by atoms with Crippen LogP contribution in [-0.2, 0) is 6.42 Å². The lowest BCUT2D eigenvalue weighted by Crippen LogP contribution is -2.10. The van der Waals surface area contributed by atoms with Crippen molar-refractivity contribution in [1.29, 1.82) is 0 Å². The highest BCUT2D eigenvalue weighted by molar-refractivity contribution is 5.76. The summed E-state index contributed by atoms with van der Waals surface area (Å²) in [5, 5.41) is 0. The lowest BCUT2D eigenvalue weighted by molar-refractivity contribution is 0.408. The van der Waals surface area contributed by atoms with E-state index in [9.17, 15) is 0 Å². The summed E-state index contributed by atoms with van der Waals surface area (Å²) in [6, 6.07) is 1.93. The maximum absolute atomic E-state index is 4.39. The molecule has 2 rings (SSSR count). The Bertz CT molecular complexity index is 437. The van der Waals surface area contributed by atoms with Gasteiger partial charge in [0.1, 0.15) is 0 Å². The van der Waals surface area contributed by atoms with Crippen molar-refractivity contribution >= 4 is 11.0 Å². The summed E-state index contributed by atoms with van der Waals surface area (Å²) in [6.45, 7) is 6.64. The van der Waals surface area contributed by atoms with Crippen molar-refractivity contribution in [2.75, 3.05) is 0 Å². The van der Waals surface area contributed by atoms with Gasteiger partial charge in [-0.2, -0.15) is 0 Å². The second-order valence-corrected chi connectivity index (χ2v) is 4.79. The van der Waals surface area contributed by atoms with Crippen LogP contribution >= 0.6 is 0 Å². The molecule has 1 N–H and O–H groups in total. The highest BCUT2D eigenvalue weighted by Crippen LogP contribution is 2.22. The molecule has 0 unspecified atom stereocenters. The van der Waals surface area contributed by atoms with Crippen LogP contribution in [0.15, 0.2) is 18.6 Å². The van der Waals surface area contributed by atoms with Crippen molar-refractivity contribution in [2.24, 2.45) is 5.41 Å². The van der Waals surface area contributed by atoms with Crippen LogP contribution in [0.25, 0.3) is 11.0 Å². The van der Waals surface area contributed by atoms with E-state index in [0.717, 1.165) is 23.1 Å². The molecule has 0 spiro atoms. The first-order valence-corrected chi connectivity index (χ1v) is 4.83. The minimum Gasteiger partial charge on any atom is -0.343 e. The molecule has 0 saturated heterocycles. The Labute approximate surface area is 83.6 Å². The molecule has 2 heterocycles. The fourth-order valence-electron chi connectivity index (χ4n) is 1.56. The third-order valence-electron chi connectivity index (χ3n) is 2.12. The molecule has 3 nitrogen and oxygen atoms in total. The second kappa shape index (κ2) is 3.08. The Morgan fingerprint density at radius 2 is 2.07 bits per heavy atom. The van der Waals surface area contributed by atoms with E-state index in [4.69, 9.17) is 0 Å². The number of aromatic amines is 1. The van der Waals surface area contributed by atoms with Crippen molar-refractivity contribution in [3.8, 4) is 0 Å². The van der Waals surface area contributed by atoms with Gasteiger partial charge in [0.05, 0.1) is 23.1 Å².